The van der Waals surface area contributed by atoms with Crippen LogP contribution in [0.25, 0.3) is 21.9 Å². The van der Waals surface area contributed by atoms with Crippen LogP contribution in [0.3, 0.4) is 0 Å². The maximum absolute atomic E-state index is 15.2. The fourth-order valence-electron chi connectivity index (χ4n) is 4.14. The molecule has 0 unspecified atom stereocenters. The van der Waals surface area contributed by atoms with Crippen molar-refractivity contribution in [1.29, 1.82) is 5.26 Å². The molecule has 4 aromatic rings. The van der Waals surface area contributed by atoms with Crippen LogP contribution in [0, 0.1) is 28.8 Å². The second kappa shape index (κ2) is 9.92. The van der Waals surface area contributed by atoms with E-state index in [1.54, 1.807) is 42.5 Å². The van der Waals surface area contributed by atoms with Gasteiger partial charge in [0.05, 0.1) is 17.2 Å². The fraction of sp³-hybridized carbons (Fsp3) is 0.207. The van der Waals surface area contributed by atoms with Crippen LogP contribution in [0.2, 0.25) is 0 Å². The third kappa shape index (κ3) is 4.93. The number of fused-ring (bicyclic) bond motifs is 1. The van der Waals surface area contributed by atoms with Crippen molar-refractivity contribution < 1.29 is 13.2 Å². The largest absolute Gasteiger partial charge is 0.206 e. The molecule has 0 aromatic heterocycles. The summed E-state index contributed by atoms with van der Waals surface area (Å²) in [6.07, 6.45) is 3.63. The molecule has 33 heavy (non-hydrogen) atoms. The van der Waals surface area contributed by atoms with Gasteiger partial charge in [0.1, 0.15) is 17.5 Å². The molecule has 0 saturated carbocycles. The zero-order chi connectivity index (χ0) is 23.4. The summed E-state index contributed by atoms with van der Waals surface area (Å²) in [5.74, 6) is -1.51. The van der Waals surface area contributed by atoms with E-state index in [1.165, 1.54) is 12.1 Å². The van der Waals surface area contributed by atoms with E-state index in [1.807, 2.05) is 19.1 Å². The number of rotatable bonds is 7. The second-order valence-corrected chi connectivity index (χ2v) is 8.32. The summed E-state index contributed by atoms with van der Waals surface area (Å²) >= 11 is 0. The van der Waals surface area contributed by atoms with E-state index in [9.17, 15) is 8.78 Å². The predicted molar refractivity (Wildman–Crippen MR) is 126 cm³/mol. The second-order valence-electron chi connectivity index (χ2n) is 8.32. The molecule has 0 N–H and O–H groups in total. The van der Waals surface area contributed by atoms with Crippen LogP contribution < -0.4 is 0 Å². The van der Waals surface area contributed by atoms with Crippen LogP contribution in [0.5, 0.6) is 0 Å². The molecule has 0 atom stereocenters. The van der Waals surface area contributed by atoms with Gasteiger partial charge in [-0.3, -0.25) is 0 Å². The van der Waals surface area contributed by atoms with Gasteiger partial charge in [-0.05, 0) is 83.7 Å². The van der Waals surface area contributed by atoms with Gasteiger partial charge in [0.2, 0.25) is 0 Å². The number of hydrogen-bond donors (Lipinski definition) is 0. The summed E-state index contributed by atoms with van der Waals surface area (Å²) in [4.78, 5) is 0. The topological polar surface area (TPSA) is 23.8 Å². The molecule has 1 nitrogen and oxygen atoms in total. The smallest absolute Gasteiger partial charge is 0.134 e. The van der Waals surface area contributed by atoms with Crippen LogP contribution in [0.1, 0.15) is 42.0 Å². The monoisotopic (exact) mass is 443 g/mol. The van der Waals surface area contributed by atoms with Crippen molar-refractivity contribution in [1.82, 2.24) is 0 Å². The Kier molecular flexibility index (Phi) is 6.79. The van der Waals surface area contributed by atoms with Gasteiger partial charge in [0, 0.05) is 5.39 Å². The van der Waals surface area contributed by atoms with Crippen LogP contribution in [-0.2, 0) is 19.3 Å². The Labute approximate surface area is 192 Å². The highest BCUT2D eigenvalue weighted by atomic mass is 19.1. The van der Waals surface area contributed by atoms with Crippen molar-refractivity contribution in [3.8, 4) is 17.2 Å². The first kappa shape index (κ1) is 22.6. The average molecular weight is 444 g/mol. The molecule has 0 radical (unpaired) electrons. The molecule has 166 valence electrons. The lowest BCUT2D eigenvalue weighted by Gasteiger charge is -2.11. The third-order valence-electron chi connectivity index (χ3n) is 6.01. The standard InChI is InChI=1S/C29H24F3N/c1-2-3-4-21-15-26(30)28(27(31)16-21)24-13-14-25-23(17-24)12-11-22(29(25)32)10-9-19-5-7-20(18-33)8-6-19/h5-8,11-17H,2-4,9-10H2,1H3. The first-order chi connectivity index (χ1) is 16.0. The molecule has 4 aromatic carbocycles. The lowest BCUT2D eigenvalue weighted by atomic mass is 9.95. The van der Waals surface area contributed by atoms with Gasteiger partial charge in [-0.2, -0.15) is 5.26 Å². The van der Waals surface area contributed by atoms with Gasteiger partial charge < -0.3 is 0 Å². The Hall–Kier alpha value is -3.58. The van der Waals surface area contributed by atoms with Gasteiger partial charge in [0.15, 0.2) is 0 Å². The molecule has 4 rings (SSSR count). The van der Waals surface area contributed by atoms with Crippen molar-refractivity contribution >= 4 is 10.8 Å². The Balaban J connectivity index is 1.60. The lowest BCUT2D eigenvalue weighted by Crippen LogP contribution is -1.97. The molecule has 0 bridgehead atoms. The number of nitrogens with zero attached hydrogens (tertiary/aromatic N) is 1. The first-order valence-electron chi connectivity index (χ1n) is 11.2. The van der Waals surface area contributed by atoms with Crippen molar-refractivity contribution in [2.45, 2.75) is 39.0 Å². The summed E-state index contributed by atoms with van der Waals surface area (Å²) in [6.45, 7) is 2.04. The van der Waals surface area contributed by atoms with E-state index < -0.39 is 11.6 Å². The highest BCUT2D eigenvalue weighted by Crippen LogP contribution is 2.32. The van der Waals surface area contributed by atoms with E-state index in [4.69, 9.17) is 5.26 Å². The normalized spacial score (nSPS) is 11.0. The Morgan fingerprint density at radius 3 is 2.15 bits per heavy atom. The van der Waals surface area contributed by atoms with Crippen LogP contribution in [-0.4, -0.2) is 0 Å². The summed E-state index contributed by atoms with van der Waals surface area (Å²) in [5, 5.41) is 9.92. The SMILES string of the molecule is CCCCc1cc(F)c(-c2ccc3c(F)c(CCc4ccc(C#N)cc4)ccc3c2)c(F)c1. The molecule has 0 fully saturated rings. The van der Waals surface area contributed by atoms with Gasteiger partial charge in [0.25, 0.3) is 0 Å². The minimum Gasteiger partial charge on any atom is -0.206 e. The van der Waals surface area contributed by atoms with E-state index in [2.05, 4.69) is 6.07 Å². The van der Waals surface area contributed by atoms with Crippen LogP contribution >= 0.6 is 0 Å². The maximum Gasteiger partial charge on any atom is 0.134 e. The zero-order valence-corrected chi connectivity index (χ0v) is 18.5. The average Bonchev–Trinajstić information content (AvgIpc) is 2.82. The molecule has 0 aliphatic heterocycles. The van der Waals surface area contributed by atoms with E-state index in [0.29, 0.717) is 52.3 Å². The van der Waals surface area contributed by atoms with Gasteiger partial charge in [-0.1, -0.05) is 49.7 Å². The quantitative estimate of drug-likeness (QED) is 0.285. The van der Waals surface area contributed by atoms with Crippen molar-refractivity contribution in [2.24, 2.45) is 0 Å². The minimum absolute atomic E-state index is 0.0811. The Morgan fingerprint density at radius 2 is 1.48 bits per heavy atom. The van der Waals surface area contributed by atoms with Crippen molar-refractivity contribution in [2.75, 3.05) is 0 Å². The molecular weight excluding hydrogens is 419 g/mol. The number of benzene rings is 4. The van der Waals surface area contributed by atoms with E-state index >= 15 is 4.39 Å². The van der Waals surface area contributed by atoms with E-state index in [-0.39, 0.29) is 11.4 Å². The van der Waals surface area contributed by atoms with E-state index in [0.717, 1.165) is 18.4 Å². The van der Waals surface area contributed by atoms with Crippen molar-refractivity contribution in [3.63, 3.8) is 0 Å². The first-order valence-corrected chi connectivity index (χ1v) is 11.2. The molecule has 0 aliphatic rings. The molecule has 0 aliphatic carbocycles. The summed E-state index contributed by atoms with van der Waals surface area (Å²) in [5.41, 5.74) is 3.16. The summed E-state index contributed by atoms with van der Waals surface area (Å²) in [7, 11) is 0. The number of unbranched alkanes of at least 4 members (excludes halogenated alkanes) is 1. The molecule has 0 spiro atoms. The predicted octanol–water partition coefficient (Wildman–Crippen LogP) is 7.92. The molecule has 4 heteroatoms. The third-order valence-corrected chi connectivity index (χ3v) is 6.01. The number of hydrogen-bond acceptors (Lipinski definition) is 1. The number of aryl methyl sites for hydroxylation is 3. The number of halogens is 3. The fourth-order valence-corrected chi connectivity index (χ4v) is 4.14. The summed E-state index contributed by atoms with van der Waals surface area (Å²) < 4.78 is 44.7. The van der Waals surface area contributed by atoms with Gasteiger partial charge in [-0.15, -0.1) is 0 Å². The Bertz CT molecular complexity index is 1310. The highest BCUT2D eigenvalue weighted by Gasteiger charge is 2.15. The lowest BCUT2D eigenvalue weighted by molar-refractivity contribution is 0.584. The minimum atomic E-state index is -0.597. The van der Waals surface area contributed by atoms with Crippen LogP contribution in [0.4, 0.5) is 13.2 Å². The highest BCUT2D eigenvalue weighted by molar-refractivity contribution is 5.88. The zero-order valence-electron chi connectivity index (χ0n) is 18.5. The maximum atomic E-state index is 15.2. The van der Waals surface area contributed by atoms with Gasteiger partial charge in [-0.25, -0.2) is 13.2 Å². The Morgan fingerprint density at radius 1 is 0.758 bits per heavy atom. The van der Waals surface area contributed by atoms with Crippen molar-refractivity contribution in [3.05, 3.63) is 106 Å². The van der Waals surface area contributed by atoms with Crippen LogP contribution in [0.15, 0.2) is 66.7 Å². The molecule has 0 heterocycles. The molecule has 0 saturated heterocycles. The molecule has 0 amide bonds. The molecular formula is C29H24F3N. The summed E-state index contributed by atoms with van der Waals surface area (Å²) in [6, 6.07) is 20.4. The number of nitriles is 1. The van der Waals surface area contributed by atoms with Gasteiger partial charge >= 0.3 is 0 Å².